The van der Waals surface area contributed by atoms with Crippen LogP contribution in [0.3, 0.4) is 0 Å². The monoisotopic (exact) mass is 665 g/mol. The van der Waals surface area contributed by atoms with Crippen LogP contribution in [0.4, 0.5) is 5.69 Å². The number of nitrogens with two attached hydrogens (primary N) is 1. The molecule has 2 aliphatic heterocycles. The highest BCUT2D eigenvalue weighted by Crippen LogP contribution is 2.34. The number of carbonyl (C=O) groups excluding carboxylic acids is 4. The molecule has 4 atom stereocenters. The highest BCUT2D eigenvalue weighted by Gasteiger charge is 2.35. The van der Waals surface area contributed by atoms with E-state index < -0.39 is 23.9 Å². The van der Waals surface area contributed by atoms with E-state index in [-0.39, 0.29) is 36.6 Å². The molecule has 10 heteroatoms. The summed E-state index contributed by atoms with van der Waals surface area (Å²) in [5.41, 5.74) is 11.5. The van der Waals surface area contributed by atoms with E-state index in [1.807, 2.05) is 67.6 Å². The Hall–Kier alpha value is -4.86. The Labute approximate surface area is 288 Å². The fourth-order valence-electron chi connectivity index (χ4n) is 7.30. The summed E-state index contributed by atoms with van der Waals surface area (Å²) in [5.74, 6) is -0.844. The lowest BCUT2D eigenvalue weighted by molar-refractivity contribution is -0.138. The Morgan fingerprint density at radius 3 is 2.65 bits per heavy atom. The van der Waals surface area contributed by atoms with Gasteiger partial charge in [0.05, 0.1) is 18.9 Å². The molecule has 1 aliphatic carbocycles. The second kappa shape index (κ2) is 15.6. The fourth-order valence-corrected chi connectivity index (χ4v) is 7.30. The summed E-state index contributed by atoms with van der Waals surface area (Å²) in [6.45, 7) is 3.94. The zero-order valence-electron chi connectivity index (χ0n) is 28.2. The molecule has 6 rings (SSSR count). The second-order valence-corrected chi connectivity index (χ2v) is 13.7. The van der Waals surface area contributed by atoms with Gasteiger partial charge in [-0.2, -0.15) is 0 Å². The molecule has 2 unspecified atom stereocenters. The van der Waals surface area contributed by atoms with Gasteiger partial charge in [0, 0.05) is 25.3 Å². The normalized spacial score (nSPS) is 23.3. The molecule has 4 bridgehead atoms. The maximum absolute atomic E-state index is 14.1. The molecular formula is C39H47N5O5. The predicted molar refractivity (Wildman–Crippen MR) is 188 cm³/mol. The molecule has 0 radical (unpaired) electrons. The number of carbonyl (C=O) groups is 4. The zero-order chi connectivity index (χ0) is 34.3. The Morgan fingerprint density at radius 1 is 0.980 bits per heavy atom. The molecule has 0 aromatic heterocycles. The average Bonchev–Trinajstić information content (AvgIpc) is 3.53. The third-order valence-electron chi connectivity index (χ3n) is 10.2. The van der Waals surface area contributed by atoms with E-state index in [2.05, 4.69) is 16.0 Å². The maximum Gasteiger partial charge on any atom is 0.243 e. The van der Waals surface area contributed by atoms with E-state index in [1.165, 1.54) is 0 Å². The van der Waals surface area contributed by atoms with Gasteiger partial charge in [-0.1, -0.05) is 42.5 Å². The van der Waals surface area contributed by atoms with Gasteiger partial charge in [-0.25, -0.2) is 0 Å². The van der Waals surface area contributed by atoms with Crippen LogP contribution in [0.15, 0.2) is 66.7 Å². The molecule has 5 N–H and O–H groups in total. The molecule has 3 aromatic carbocycles. The highest BCUT2D eigenvalue weighted by molar-refractivity contribution is 5.96. The molecule has 10 nitrogen and oxygen atoms in total. The highest BCUT2D eigenvalue weighted by atomic mass is 16.5. The van der Waals surface area contributed by atoms with Gasteiger partial charge in [-0.3, -0.25) is 19.2 Å². The number of benzene rings is 3. The lowest BCUT2D eigenvalue weighted by Gasteiger charge is -2.34. The molecule has 4 amide bonds. The Bertz CT molecular complexity index is 1680. The third-order valence-corrected chi connectivity index (χ3v) is 10.2. The largest absolute Gasteiger partial charge is 0.494 e. The minimum Gasteiger partial charge on any atom is -0.494 e. The molecule has 0 spiro atoms. The topological polar surface area (TPSA) is 143 Å². The quantitative estimate of drug-likeness (QED) is 0.304. The van der Waals surface area contributed by atoms with E-state index in [4.69, 9.17) is 10.5 Å². The first-order valence-corrected chi connectivity index (χ1v) is 17.5. The molecule has 3 aliphatic rings. The van der Waals surface area contributed by atoms with Crippen molar-refractivity contribution in [2.45, 2.75) is 82.8 Å². The summed E-state index contributed by atoms with van der Waals surface area (Å²) >= 11 is 0. The number of nitrogens with zero attached hydrogens (tertiary/aromatic N) is 1. The van der Waals surface area contributed by atoms with Crippen LogP contribution in [-0.4, -0.2) is 60.3 Å². The summed E-state index contributed by atoms with van der Waals surface area (Å²) in [6.07, 6.45) is 4.63. The number of hydrogen-bond donors (Lipinski definition) is 4. The average molecular weight is 666 g/mol. The lowest BCUT2D eigenvalue weighted by atomic mass is 9.94. The number of anilines is 1. The SMILES string of the molecule is Cc1ccc2cc1CNC(=O)[C@H](CCc1ccccc1)NC(=O)[C@@H](NC(=O)C1CCc3cc(N)ccc31)CC(=O)N1CCCC(CCO2)C1. The summed E-state index contributed by atoms with van der Waals surface area (Å²) in [7, 11) is 0. The summed E-state index contributed by atoms with van der Waals surface area (Å²) in [6, 6.07) is 19.1. The van der Waals surface area contributed by atoms with Crippen LogP contribution in [0.2, 0.25) is 0 Å². The van der Waals surface area contributed by atoms with Gasteiger partial charge in [0.15, 0.2) is 0 Å². The number of aryl methyl sites for hydroxylation is 3. The molecule has 258 valence electrons. The van der Waals surface area contributed by atoms with Gasteiger partial charge in [0.2, 0.25) is 23.6 Å². The fraction of sp³-hybridized carbons (Fsp3) is 0.436. The number of fused-ring (bicyclic) bond motifs is 5. The molecule has 1 fully saturated rings. The predicted octanol–water partition coefficient (Wildman–Crippen LogP) is 3.94. The minimum atomic E-state index is -1.15. The van der Waals surface area contributed by atoms with E-state index in [1.54, 1.807) is 11.0 Å². The van der Waals surface area contributed by atoms with Gasteiger partial charge in [0.1, 0.15) is 17.8 Å². The van der Waals surface area contributed by atoms with Crippen molar-refractivity contribution in [1.29, 1.82) is 0 Å². The molecule has 1 saturated heterocycles. The number of hydrogen-bond acceptors (Lipinski definition) is 6. The van der Waals surface area contributed by atoms with Gasteiger partial charge >= 0.3 is 0 Å². The molecule has 0 saturated carbocycles. The molecular weight excluding hydrogens is 618 g/mol. The van der Waals surface area contributed by atoms with Gasteiger partial charge < -0.3 is 31.3 Å². The number of ether oxygens (including phenoxy) is 1. The maximum atomic E-state index is 14.1. The first kappa shape index (κ1) is 34.0. The van der Waals surface area contributed by atoms with Crippen molar-refractivity contribution in [1.82, 2.24) is 20.9 Å². The Balaban J connectivity index is 1.27. The van der Waals surface area contributed by atoms with Crippen LogP contribution in [0, 0.1) is 12.8 Å². The minimum absolute atomic E-state index is 0.194. The van der Waals surface area contributed by atoms with Crippen molar-refractivity contribution in [2.75, 3.05) is 25.4 Å². The second-order valence-electron chi connectivity index (χ2n) is 13.7. The molecule has 49 heavy (non-hydrogen) atoms. The first-order chi connectivity index (χ1) is 23.7. The first-order valence-electron chi connectivity index (χ1n) is 17.5. The van der Waals surface area contributed by atoms with Crippen LogP contribution < -0.4 is 26.4 Å². The van der Waals surface area contributed by atoms with E-state index in [0.717, 1.165) is 52.8 Å². The Kier molecular flexibility index (Phi) is 10.8. The van der Waals surface area contributed by atoms with Gasteiger partial charge in [0.25, 0.3) is 0 Å². The van der Waals surface area contributed by atoms with Gasteiger partial charge in [-0.05, 0) is 110 Å². The number of piperidine rings is 1. The van der Waals surface area contributed by atoms with Crippen molar-refractivity contribution in [3.8, 4) is 5.75 Å². The van der Waals surface area contributed by atoms with E-state index >= 15 is 0 Å². The van der Waals surface area contributed by atoms with E-state index in [9.17, 15) is 19.2 Å². The van der Waals surface area contributed by atoms with Crippen molar-refractivity contribution < 1.29 is 23.9 Å². The van der Waals surface area contributed by atoms with Crippen molar-refractivity contribution in [3.05, 3.63) is 94.5 Å². The zero-order valence-corrected chi connectivity index (χ0v) is 28.2. The number of amides is 4. The summed E-state index contributed by atoms with van der Waals surface area (Å²) < 4.78 is 6.13. The van der Waals surface area contributed by atoms with Crippen LogP contribution >= 0.6 is 0 Å². The molecule has 3 aromatic rings. The van der Waals surface area contributed by atoms with Crippen LogP contribution in [0.25, 0.3) is 0 Å². The third kappa shape index (κ3) is 8.60. The van der Waals surface area contributed by atoms with Crippen molar-refractivity contribution in [2.24, 2.45) is 5.92 Å². The lowest BCUT2D eigenvalue weighted by Crippen LogP contribution is -2.55. The van der Waals surface area contributed by atoms with Crippen LogP contribution in [-0.2, 0) is 38.6 Å². The number of rotatable bonds is 5. The van der Waals surface area contributed by atoms with Crippen LogP contribution in [0.5, 0.6) is 5.75 Å². The van der Waals surface area contributed by atoms with E-state index in [0.29, 0.717) is 51.1 Å². The van der Waals surface area contributed by atoms with Crippen molar-refractivity contribution >= 4 is 29.3 Å². The number of nitrogen functional groups attached to an aromatic ring is 1. The summed E-state index contributed by atoms with van der Waals surface area (Å²) in [5, 5.41) is 8.88. The standard InChI is InChI=1S/C39H47N5O5/c1-25-9-13-31-21-29(25)23-41-38(47)34(16-10-26-6-3-2-4-7-26)42-39(48)35(22-36(45)44-18-5-8-27(24-44)17-19-49-31)43-37(46)33-14-11-28-20-30(40)12-15-32(28)33/h2-4,6-7,9,12-13,15,20-21,27,33-35H,5,8,10-11,14,16-19,22-24,40H2,1H3,(H,41,47)(H,42,48)(H,43,46)/t27?,33?,34-,35-/m0/s1. The van der Waals surface area contributed by atoms with Crippen LogP contribution in [0.1, 0.15) is 72.3 Å². The van der Waals surface area contributed by atoms with Crippen molar-refractivity contribution in [3.63, 3.8) is 0 Å². The number of nitrogens with one attached hydrogen (secondary N) is 3. The Morgan fingerprint density at radius 2 is 1.82 bits per heavy atom. The van der Waals surface area contributed by atoms with Gasteiger partial charge in [-0.15, -0.1) is 0 Å². The molecule has 2 heterocycles. The smallest absolute Gasteiger partial charge is 0.243 e. The summed E-state index contributed by atoms with van der Waals surface area (Å²) in [4.78, 5) is 57.3.